The summed E-state index contributed by atoms with van der Waals surface area (Å²) in [5, 5.41) is 18.4. The zero-order valence-electron chi connectivity index (χ0n) is 12.8. The third kappa shape index (κ3) is 2.91. The van der Waals surface area contributed by atoms with Crippen molar-refractivity contribution in [1.82, 2.24) is 14.8 Å². The average Bonchev–Trinajstić information content (AvgIpc) is 3.10. The van der Waals surface area contributed by atoms with Crippen LogP contribution in [0.5, 0.6) is 0 Å². The average molecular weight is 398 g/mol. The predicted octanol–water partition coefficient (Wildman–Crippen LogP) is 4.00. The van der Waals surface area contributed by atoms with Crippen LogP contribution in [0.25, 0.3) is 5.70 Å². The third-order valence-corrected chi connectivity index (χ3v) is 4.54. The van der Waals surface area contributed by atoms with Gasteiger partial charge in [-0.1, -0.05) is 28.1 Å². The molecule has 124 valence electrons. The summed E-state index contributed by atoms with van der Waals surface area (Å²) in [4.78, 5) is 14.7. The molecule has 0 bridgehead atoms. The van der Waals surface area contributed by atoms with E-state index in [4.69, 9.17) is 0 Å². The van der Waals surface area contributed by atoms with Crippen molar-refractivity contribution in [1.29, 1.82) is 0 Å². The van der Waals surface area contributed by atoms with E-state index in [-0.39, 0.29) is 11.7 Å². The number of halogens is 1. The summed E-state index contributed by atoms with van der Waals surface area (Å²) in [5.74, 6) is 0.628. The third-order valence-electron chi connectivity index (χ3n) is 4.01. The van der Waals surface area contributed by atoms with E-state index in [1.807, 2.05) is 30.3 Å². The molecule has 0 aliphatic carbocycles. The first-order valence-corrected chi connectivity index (χ1v) is 8.30. The molecule has 0 saturated heterocycles. The smallest absolute Gasteiger partial charge is 0.269 e. The van der Waals surface area contributed by atoms with E-state index in [1.54, 1.807) is 16.8 Å². The van der Waals surface area contributed by atoms with E-state index in [1.165, 1.54) is 18.5 Å². The SMILES string of the molecule is O=[N+]([O-])c1ccc([C@@H]2C=C(c3ccc(Br)cc3)Nc3ncnn32)cc1. The molecule has 0 radical (unpaired) electrons. The van der Waals surface area contributed by atoms with Crippen molar-refractivity contribution in [2.45, 2.75) is 6.04 Å². The Morgan fingerprint density at radius 3 is 2.52 bits per heavy atom. The Morgan fingerprint density at radius 2 is 1.84 bits per heavy atom. The first-order chi connectivity index (χ1) is 12.1. The number of nitrogens with zero attached hydrogens (tertiary/aromatic N) is 4. The van der Waals surface area contributed by atoms with Gasteiger partial charge in [-0.25, -0.2) is 4.68 Å². The van der Waals surface area contributed by atoms with Crippen LogP contribution in [-0.4, -0.2) is 19.7 Å². The molecule has 0 spiro atoms. The molecule has 2 aromatic carbocycles. The predicted molar refractivity (Wildman–Crippen MR) is 97.0 cm³/mol. The van der Waals surface area contributed by atoms with Crippen LogP contribution in [0.15, 0.2) is 65.4 Å². The first kappa shape index (κ1) is 15.5. The van der Waals surface area contributed by atoms with Gasteiger partial charge in [-0.2, -0.15) is 10.1 Å². The van der Waals surface area contributed by atoms with Gasteiger partial charge in [-0.05, 0) is 41.5 Å². The van der Waals surface area contributed by atoms with Crippen LogP contribution in [0.4, 0.5) is 11.6 Å². The molecule has 1 N–H and O–H groups in total. The number of anilines is 1. The molecular weight excluding hydrogens is 386 g/mol. The van der Waals surface area contributed by atoms with Gasteiger partial charge in [0, 0.05) is 22.3 Å². The maximum Gasteiger partial charge on any atom is 0.269 e. The van der Waals surface area contributed by atoms with Crippen LogP contribution in [0.1, 0.15) is 17.2 Å². The van der Waals surface area contributed by atoms with E-state index >= 15 is 0 Å². The maximum atomic E-state index is 10.9. The number of hydrogen-bond donors (Lipinski definition) is 1. The molecule has 4 rings (SSSR count). The van der Waals surface area contributed by atoms with Crippen LogP contribution in [-0.2, 0) is 0 Å². The number of nitrogens with one attached hydrogen (secondary N) is 1. The molecule has 1 aromatic heterocycles. The highest BCUT2D eigenvalue weighted by atomic mass is 79.9. The Hall–Kier alpha value is -3.00. The second-order valence-corrected chi connectivity index (χ2v) is 6.45. The van der Waals surface area contributed by atoms with Gasteiger partial charge in [0.05, 0.1) is 4.92 Å². The molecular formula is C17H12BrN5O2. The lowest BCUT2D eigenvalue weighted by Gasteiger charge is -2.24. The Morgan fingerprint density at radius 1 is 1.12 bits per heavy atom. The fraction of sp³-hybridized carbons (Fsp3) is 0.0588. The number of nitro benzene ring substituents is 1. The van der Waals surface area contributed by atoms with E-state index < -0.39 is 4.92 Å². The second-order valence-electron chi connectivity index (χ2n) is 5.53. The number of rotatable bonds is 3. The minimum absolute atomic E-state index is 0.0635. The Bertz CT molecular complexity index is 963. The van der Waals surface area contributed by atoms with Gasteiger partial charge >= 0.3 is 0 Å². The van der Waals surface area contributed by atoms with Crippen LogP contribution >= 0.6 is 15.9 Å². The van der Waals surface area contributed by atoms with Gasteiger partial charge in [0.2, 0.25) is 5.95 Å². The van der Waals surface area contributed by atoms with Crippen molar-refractivity contribution in [2.24, 2.45) is 0 Å². The number of nitro groups is 1. The molecule has 0 saturated carbocycles. The Balaban J connectivity index is 1.76. The molecule has 2 heterocycles. The molecule has 0 unspecified atom stereocenters. The van der Waals surface area contributed by atoms with E-state index in [9.17, 15) is 10.1 Å². The highest BCUT2D eigenvalue weighted by Gasteiger charge is 2.23. The van der Waals surface area contributed by atoms with Crippen molar-refractivity contribution in [3.63, 3.8) is 0 Å². The fourth-order valence-electron chi connectivity index (χ4n) is 2.76. The standard InChI is InChI=1S/C17H12BrN5O2/c18-13-5-1-11(2-6-13)15-9-16(22-17(21-15)19-10-20-22)12-3-7-14(8-4-12)23(24)25/h1-10,16H,(H,19,20,21)/t16-/m0/s1. The van der Waals surface area contributed by atoms with Crippen molar-refractivity contribution in [3.8, 4) is 0 Å². The lowest BCUT2D eigenvalue weighted by atomic mass is 10.0. The number of fused-ring (bicyclic) bond motifs is 1. The normalized spacial score (nSPS) is 15.9. The van der Waals surface area contributed by atoms with Crippen molar-refractivity contribution in [3.05, 3.63) is 86.6 Å². The number of allylic oxidation sites excluding steroid dienone is 1. The summed E-state index contributed by atoms with van der Waals surface area (Å²) < 4.78 is 2.76. The number of hydrogen-bond acceptors (Lipinski definition) is 5. The molecule has 25 heavy (non-hydrogen) atoms. The maximum absolute atomic E-state index is 10.9. The van der Waals surface area contributed by atoms with Crippen LogP contribution in [0.2, 0.25) is 0 Å². The van der Waals surface area contributed by atoms with Crippen LogP contribution < -0.4 is 5.32 Å². The van der Waals surface area contributed by atoms with Crippen LogP contribution in [0.3, 0.4) is 0 Å². The van der Waals surface area contributed by atoms with Crippen molar-refractivity contribution < 1.29 is 4.92 Å². The zero-order chi connectivity index (χ0) is 17.4. The summed E-state index contributed by atoms with van der Waals surface area (Å²) in [6.45, 7) is 0. The number of non-ortho nitro benzene ring substituents is 1. The Labute approximate surface area is 151 Å². The zero-order valence-corrected chi connectivity index (χ0v) is 14.4. The molecule has 7 nitrogen and oxygen atoms in total. The van der Waals surface area contributed by atoms with Gasteiger partial charge in [-0.3, -0.25) is 10.1 Å². The van der Waals surface area contributed by atoms with Crippen LogP contribution in [0, 0.1) is 10.1 Å². The topological polar surface area (TPSA) is 85.9 Å². The molecule has 0 fully saturated rings. The summed E-state index contributed by atoms with van der Waals surface area (Å²) in [7, 11) is 0. The number of aromatic nitrogens is 3. The van der Waals surface area contributed by atoms with Crippen molar-refractivity contribution in [2.75, 3.05) is 5.32 Å². The van der Waals surface area contributed by atoms with E-state index in [2.05, 4.69) is 31.3 Å². The summed E-state index contributed by atoms with van der Waals surface area (Å²) in [6, 6.07) is 14.2. The quantitative estimate of drug-likeness (QED) is 0.532. The summed E-state index contributed by atoms with van der Waals surface area (Å²) in [5.41, 5.74) is 2.89. The molecule has 0 amide bonds. The van der Waals surface area contributed by atoms with Gasteiger partial charge in [-0.15, -0.1) is 0 Å². The highest BCUT2D eigenvalue weighted by Crippen LogP contribution is 2.32. The highest BCUT2D eigenvalue weighted by molar-refractivity contribution is 9.10. The fourth-order valence-corrected chi connectivity index (χ4v) is 3.03. The molecule has 3 aromatic rings. The molecule has 1 aliphatic heterocycles. The lowest BCUT2D eigenvalue weighted by Crippen LogP contribution is -2.20. The number of benzene rings is 2. The molecule has 8 heteroatoms. The van der Waals surface area contributed by atoms with Gasteiger partial charge in [0.25, 0.3) is 5.69 Å². The van der Waals surface area contributed by atoms with E-state index in [0.29, 0.717) is 5.95 Å². The second kappa shape index (κ2) is 6.14. The minimum atomic E-state index is -0.407. The van der Waals surface area contributed by atoms with Gasteiger partial charge in [0.15, 0.2) is 0 Å². The first-order valence-electron chi connectivity index (χ1n) is 7.50. The molecule has 1 atom stereocenters. The summed E-state index contributed by atoms with van der Waals surface area (Å²) >= 11 is 3.43. The minimum Gasteiger partial charge on any atom is -0.324 e. The van der Waals surface area contributed by atoms with Gasteiger partial charge < -0.3 is 5.32 Å². The Kier molecular flexibility index (Phi) is 3.81. The van der Waals surface area contributed by atoms with E-state index in [0.717, 1.165) is 21.3 Å². The van der Waals surface area contributed by atoms with Gasteiger partial charge in [0.1, 0.15) is 12.4 Å². The molecule has 1 aliphatic rings. The lowest BCUT2D eigenvalue weighted by molar-refractivity contribution is -0.384. The summed E-state index contributed by atoms with van der Waals surface area (Å²) in [6.07, 6.45) is 3.52. The van der Waals surface area contributed by atoms with Crippen molar-refractivity contribution >= 4 is 33.3 Å². The largest absolute Gasteiger partial charge is 0.324 e. The monoisotopic (exact) mass is 397 g/mol.